The molecule has 2 unspecified atom stereocenters. The number of carbonyl (C=O) groups is 11. The number of carbonyl (C=O) groups excluding carboxylic acids is 11. The quantitative estimate of drug-likeness (QED) is 0.186. The van der Waals surface area contributed by atoms with Crippen molar-refractivity contribution in [3.8, 4) is 0 Å². The van der Waals surface area contributed by atoms with E-state index in [0.717, 1.165) is 27.5 Å². The summed E-state index contributed by atoms with van der Waals surface area (Å²) in [5, 5.41) is 8.52. The smallest absolute Gasteiger partial charge is 0.343 e. The minimum absolute atomic E-state index is 0.0220. The predicted octanol–water partition coefficient (Wildman–Crippen LogP) is 7.10. The molecule has 7 rings (SSSR count). The van der Waals surface area contributed by atoms with Crippen molar-refractivity contribution in [2.45, 2.75) is 274 Å². The molecule has 3 heterocycles. The molecule has 3 aliphatic heterocycles. The molecule has 3 saturated heterocycles. The number of nitrogens with zero attached hydrogens (tertiary/aromatic N) is 8. The molecule has 1 spiro atoms. The monoisotopic (exact) mass is 1430 g/mol. The minimum Gasteiger partial charge on any atom is -0.343 e. The first-order valence-corrected chi connectivity index (χ1v) is 36.3. The van der Waals surface area contributed by atoms with E-state index in [1.807, 2.05) is 20.8 Å². The molecule has 0 aromatic carbocycles. The Morgan fingerprint density at radius 3 is 1.71 bits per heavy atom. The van der Waals surface area contributed by atoms with Gasteiger partial charge in [-0.1, -0.05) is 59.8 Å². The summed E-state index contributed by atoms with van der Waals surface area (Å²) in [5.74, 6) is -14.7. The van der Waals surface area contributed by atoms with Gasteiger partial charge in [0.05, 0.1) is 12.5 Å². The molecule has 4 saturated carbocycles. The van der Waals surface area contributed by atoms with E-state index >= 15 is 23.2 Å². The molecule has 3 N–H and O–H groups in total. The molecule has 0 radical (unpaired) electrons. The van der Waals surface area contributed by atoms with E-state index in [1.165, 1.54) is 73.7 Å². The molecule has 11 amide bonds. The maximum atomic E-state index is 15.4. The van der Waals surface area contributed by atoms with E-state index in [1.54, 1.807) is 13.8 Å². The van der Waals surface area contributed by atoms with Gasteiger partial charge in [-0.15, -0.1) is 0 Å². The summed E-state index contributed by atoms with van der Waals surface area (Å²) < 4.78 is 114. The topological polar surface area (TPSA) is 250 Å². The molecule has 22 nitrogen and oxygen atoms in total. The Morgan fingerprint density at radius 2 is 1.16 bits per heavy atom. The van der Waals surface area contributed by atoms with Crippen molar-refractivity contribution in [3.05, 3.63) is 0 Å². The highest BCUT2D eigenvalue weighted by Gasteiger charge is 2.55. The van der Waals surface area contributed by atoms with Crippen molar-refractivity contribution < 1.29 is 87.9 Å². The lowest BCUT2D eigenvalue weighted by molar-refractivity contribution is -0.219. The van der Waals surface area contributed by atoms with Gasteiger partial charge in [0, 0.05) is 67.8 Å². The van der Waals surface area contributed by atoms with Crippen molar-refractivity contribution in [1.29, 1.82) is 0 Å². The van der Waals surface area contributed by atoms with Crippen molar-refractivity contribution >= 4 is 65.0 Å². The molecule has 12 atom stereocenters. The van der Waals surface area contributed by atoms with Crippen LogP contribution in [-0.4, -0.2) is 251 Å². The molecule has 7 aliphatic rings. The highest BCUT2D eigenvalue weighted by Crippen LogP contribution is 2.45. The molecular weight excluding hydrogens is 1320 g/mol. The van der Waals surface area contributed by atoms with Crippen LogP contribution in [0.25, 0.3) is 0 Å². The van der Waals surface area contributed by atoms with Crippen LogP contribution < -0.4 is 16.0 Å². The Hall–Kier alpha value is -6.39. The second-order valence-electron chi connectivity index (χ2n) is 30.6. The molecule has 4 aliphatic carbocycles. The average molecular weight is 1430 g/mol. The van der Waals surface area contributed by atoms with Gasteiger partial charge in [0.2, 0.25) is 65.0 Å². The second kappa shape index (κ2) is 33.8. The van der Waals surface area contributed by atoms with E-state index in [9.17, 15) is 64.7 Å². The predicted molar refractivity (Wildman–Crippen MR) is 353 cm³/mol. The van der Waals surface area contributed by atoms with Crippen LogP contribution in [0.1, 0.15) is 189 Å². The number of rotatable bonds is 10. The summed E-state index contributed by atoms with van der Waals surface area (Å²) in [6, 6.07) is -11.0. The van der Waals surface area contributed by atoms with Gasteiger partial charge in [-0.3, -0.25) is 52.7 Å². The van der Waals surface area contributed by atoms with Crippen molar-refractivity contribution in [2.24, 2.45) is 41.4 Å². The molecule has 566 valence electrons. The fourth-order valence-corrected chi connectivity index (χ4v) is 16.5. The summed E-state index contributed by atoms with van der Waals surface area (Å²) >= 11 is 0. The van der Waals surface area contributed by atoms with Gasteiger partial charge in [0.15, 0.2) is 0 Å². The number of hydrogen-bond acceptors (Lipinski definition) is 11. The van der Waals surface area contributed by atoms with Crippen LogP contribution in [0.2, 0.25) is 0 Å². The number of likely N-dealkylation sites (N-methyl/N-ethyl adjacent to an activating group) is 6. The van der Waals surface area contributed by atoms with Gasteiger partial charge < -0.3 is 55.1 Å². The number of alkyl halides is 8. The van der Waals surface area contributed by atoms with Gasteiger partial charge in [-0.2, -0.15) is 26.3 Å². The second-order valence-corrected chi connectivity index (χ2v) is 30.6. The van der Waals surface area contributed by atoms with E-state index in [4.69, 9.17) is 0 Å². The zero-order valence-electron chi connectivity index (χ0n) is 60.4. The van der Waals surface area contributed by atoms with Gasteiger partial charge >= 0.3 is 12.4 Å². The highest BCUT2D eigenvalue weighted by molar-refractivity contribution is 6.00. The summed E-state index contributed by atoms with van der Waals surface area (Å²) in [5.41, 5.74) is -1.57. The van der Waals surface area contributed by atoms with Crippen LogP contribution in [-0.2, 0) is 52.7 Å². The number of amides is 11. The Kier molecular flexibility index (Phi) is 27.4. The SMILES string of the molecule is CC[C@H](C)[C@@H]1NC(=O)[C@H](CC(C)C)N(C)C(=O)C[C@@H](C)N(C)C(=O)[C@H](C2CCCC2)N(C)C(=O)C2(CCCC2)NC(=O)[C@@H]2CCCN2C(=O)[C@H](CCC2CC(F)C(C(F)(F)F)C(F)C2)NC(=O)CN(C)C(=O)[C@H](CC2CCC(C(F)(F)F)CC2)N(C)C(=O)[C@@H]2CCN2C(=O)[C@H](C)N(C)C1=O. The Morgan fingerprint density at radius 1 is 0.560 bits per heavy atom. The third-order valence-electron chi connectivity index (χ3n) is 23.4. The number of halogens is 8. The molecule has 7 fully saturated rings. The van der Waals surface area contributed by atoms with Crippen molar-refractivity contribution in [2.75, 3.05) is 61.9 Å². The van der Waals surface area contributed by atoms with E-state index in [0.29, 0.717) is 32.1 Å². The van der Waals surface area contributed by atoms with Crippen molar-refractivity contribution in [3.63, 3.8) is 0 Å². The van der Waals surface area contributed by atoms with E-state index in [-0.39, 0.29) is 108 Å². The first-order valence-electron chi connectivity index (χ1n) is 36.3. The van der Waals surface area contributed by atoms with Crippen LogP contribution in [0.3, 0.4) is 0 Å². The average Bonchev–Trinajstić information content (AvgIpc) is 1.07. The lowest BCUT2D eigenvalue weighted by Crippen LogP contribution is -2.65. The number of hydrogen-bond donors (Lipinski definition) is 3. The van der Waals surface area contributed by atoms with Crippen molar-refractivity contribution in [1.82, 2.24) is 55.1 Å². The lowest BCUT2D eigenvalue weighted by Gasteiger charge is -2.45. The van der Waals surface area contributed by atoms with Crippen LogP contribution in [0.5, 0.6) is 0 Å². The third-order valence-corrected chi connectivity index (χ3v) is 23.4. The maximum absolute atomic E-state index is 15.4. The maximum Gasteiger partial charge on any atom is 0.397 e. The normalized spacial score (nSPS) is 33.2. The van der Waals surface area contributed by atoms with E-state index in [2.05, 4.69) is 16.0 Å². The van der Waals surface area contributed by atoms with Crippen LogP contribution >= 0.6 is 0 Å². The standard InChI is InChI=1S/C70H109F8N11O11/c1-13-40(4)57-65(98)84(9)42(6)61(94)89-32-28-51(89)64(97)86(11)53(37-43-22-25-46(26-23-43)69(73,74)75)63(96)82(7)38-54(90)79-49(27-24-44-35-47(71)56(48(72)36-44)70(76,77)78)62(95)88-31-18-21-50(88)60(93)81-68(29-16-17-30-68)67(100)87(12)58(45-19-14-15-20-45)66(99)83(8)41(5)34-55(91)85(10)52(33-39(2)3)59(92)80-57/h39-53,56-58H,13-38H2,1-12H3,(H,79,90)(H,80,92)(H,81,93)/t40-,41+,42-,43?,44?,46?,47?,48?,49-,50-,51-,52-,53-,56?,57-,58-/m0/s1. The van der Waals surface area contributed by atoms with Crippen LogP contribution in [0.15, 0.2) is 0 Å². The fourth-order valence-electron chi connectivity index (χ4n) is 16.5. The van der Waals surface area contributed by atoms with E-state index < -0.39 is 205 Å². The van der Waals surface area contributed by atoms with Gasteiger partial charge in [0.25, 0.3) is 0 Å². The Bertz CT molecular complexity index is 2930. The third kappa shape index (κ3) is 18.7. The van der Waals surface area contributed by atoms with Crippen LogP contribution in [0.4, 0.5) is 35.1 Å². The lowest BCUT2D eigenvalue weighted by atomic mass is 9.76. The number of nitrogens with one attached hydrogen (secondary N) is 3. The summed E-state index contributed by atoms with van der Waals surface area (Å²) in [6.45, 7) is 9.57. The first-order chi connectivity index (χ1) is 46.7. The molecular formula is C70H109F8N11O11. The zero-order valence-corrected chi connectivity index (χ0v) is 60.4. The largest absolute Gasteiger partial charge is 0.397 e. The molecule has 30 heteroatoms. The molecule has 0 aromatic rings. The molecule has 0 aromatic heterocycles. The summed E-state index contributed by atoms with van der Waals surface area (Å²) in [7, 11) is 8.40. The number of fused-ring (bicyclic) bond motifs is 2. The highest BCUT2D eigenvalue weighted by atomic mass is 19.4. The Balaban J connectivity index is 1.26. The summed E-state index contributed by atoms with van der Waals surface area (Å²) in [4.78, 5) is 173. The summed E-state index contributed by atoms with van der Waals surface area (Å²) in [6.07, 6.45) is -13.0. The van der Waals surface area contributed by atoms with Gasteiger partial charge in [0.1, 0.15) is 72.1 Å². The molecule has 0 bridgehead atoms. The van der Waals surface area contributed by atoms with Gasteiger partial charge in [-0.25, -0.2) is 8.78 Å². The Labute approximate surface area is 583 Å². The first kappa shape index (κ1) is 80.9. The zero-order chi connectivity index (χ0) is 74.4. The molecule has 100 heavy (non-hydrogen) atoms. The minimum atomic E-state index is -5.18. The fraction of sp³-hybridized carbons (Fsp3) is 0.843. The van der Waals surface area contributed by atoms with Gasteiger partial charge in [-0.05, 0) is 153 Å². The van der Waals surface area contributed by atoms with Crippen LogP contribution in [0, 0.1) is 41.4 Å².